The zero-order chi connectivity index (χ0) is 23.2. The van der Waals surface area contributed by atoms with Crippen molar-refractivity contribution in [2.75, 3.05) is 19.6 Å². The zero-order valence-corrected chi connectivity index (χ0v) is 21.6. The Morgan fingerprint density at radius 3 is 2.61 bits per heavy atom. The van der Waals surface area contributed by atoms with Gasteiger partial charge in [-0.1, -0.05) is 32.8 Å². The fourth-order valence-electron chi connectivity index (χ4n) is 5.59. The number of fused-ring (bicyclic) bond motifs is 1. The lowest BCUT2D eigenvalue weighted by atomic mass is 9.78. The number of aromatic nitrogens is 2. The Labute approximate surface area is 204 Å². The average molecular weight is 468 g/mol. The summed E-state index contributed by atoms with van der Waals surface area (Å²) in [5, 5.41) is 1.05. The molecule has 0 atom stereocenters. The van der Waals surface area contributed by atoms with Crippen molar-refractivity contribution >= 4 is 17.1 Å². The molecule has 0 unspecified atom stereocenters. The van der Waals surface area contributed by atoms with Crippen molar-refractivity contribution < 1.29 is 4.79 Å². The van der Waals surface area contributed by atoms with Crippen molar-refractivity contribution in [3.05, 3.63) is 45.2 Å². The molecule has 1 aliphatic carbocycles. The largest absolute Gasteiger partial charge is 0.303 e. The second-order valence-electron chi connectivity index (χ2n) is 10.8. The number of pyridine rings is 1. The smallest absolute Gasteiger partial charge is 0.138 e. The van der Waals surface area contributed by atoms with Gasteiger partial charge in [-0.05, 0) is 75.0 Å². The molecule has 4 rings (SSSR count). The normalized spacial score (nSPS) is 21.7. The van der Waals surface area contributed by atoms with Crippen LogP contribution in [-0.2, 0) is 30.5 Å². The lowest BCUT2D eigenvalue weighted by Crippen LogP contribution is -2.29. The summed E-state index contributed by atoms with van der Waals surface area (Å²) < 4.78 is 0. The van der Waals surface area contributed by atoms with E-state index in [1.54, 1.807) is 11.3 Å². The zero-order valence-electron chi connectivity index (χ0n) is 20.8. The third-order valence-corrected chi connectivity index (χ3v) is 8.40. The van der Waals surface area contributed by atoms with Crippen molar-refractivity contribution in [3.63, 3.8) is 0 Å². The van der Waals surface area contributed by atoms with E-state index in [2.05, 4.69) is 35.9 Å². The van der Waals surface area contributed by atoms with Gasteiger partial charge in [0.1, 0.15) is 5.78 Å². The standard InChI is InChI=1S/C28H41N3OS/c1-20(2)16-25-9-8-24-11-14-31(15-12-28(24)30-25)13-10-22-4-6-23(7-5-22)17-26(32)18-27-19-29-21(3)33-27/h8-9,19-20,22-23H,4-7,10-18H2,1-3H3. The molecule has 2 aliphatic rings. The first-order chi connectivity index (χ1) is 15.9. The van der Waals surface area contributed by atoms with E-state index in [1.807, 2.05) is 13.1 Å². The van der Waals surface area contributed by atoms with Crippen LogP contribution in [0.1, 0.15) is 79.2 Å². The van der Waals surface area contributed by atoms with E-state index >= 15 is 0 Å². The summed E-state index contributed by atoms with van der Waals surface area (Å²) in [6, 6.07) is 4.58. The van der Waals surface area contributed by atoms with Crippen LogP contribution in [0.3, 0.4) is 0 Å². The first kappa shape index (κ1) is 24.5. The lowest BCUT2D eigenvalue weighted by molar-refractivity contribution is -0.119. The number of aryl methyl sites for hydroxylation is 1. The van der Waals surface area contributed by atoms with Crippen LogP contribution in [0.25, 0.3) is 0 Å². The highest BCUT2D eigenvalue weighted by Crippen LogP contribution is 2.33. The monoisotopic (exact) mass is 467 g/mol. The molecule has 0 bridgehead atoms. The van der Waals surface area contributed by atoms with E-state index in [0.717, 1.165) is 48.0 Å². The Bertz CT molecular complexity index is 914. The van der Waals surface area contributed by atoms with Crippen molar-refractivity contribution in [3.8, 4) is 0 Å². The van der Waals surface area contributed by atoms with Gasteiger partial charge in [0, 0.05) is 54.8 Å². The average Bonchev–Trinajstić information content (AvgIpc) is 3.07. The van der Waals surface area contributed by atoms with Crippen molar-refractivity contribution in [1.82, 2.24) is 14.9 Å². The summed E-state index contributed by atoms with van der Waals surface area (Å²) in [5.41, 5.74) is 4.06. The predicted molar refractivity (Wildman–Crippen MR) is 137 cm³/mol. The van der Waals surface area contributed by atoms with Gasteiger partial charge in [0.15, 0.2) is 0 Å². The molecule has 0 amide bonds. The third-order valence-electron chi connectivity index (χ3n) is 7.48. The molecule has 180 valence electrons. The number of hydrogen-bond acceptors (Lipinski definition) is 5. The van der Waals surface area contributed by atoms with Crippen LogP contribution in [-0.4, -0.2) is 40.3 Å². The number of carbonyl (C=O) groups is 1. The topological polar surface area (TPSA) is 46.1 Å². The molecule has 0 saturated heterocycles. The minimum absolute atomic E-state index is 0.399. The Hall–Kier alpha value is -1.59. The van der Waals surface area contributed by atoms with Gasteiger partial charge in [0.25, 0.3) is 0 Å². The van der Waals surface area contributed by atoms with Gasteiger partial charge in [0.2, 0.25) is 0 Å². The van der Waals surface area contributed by atoms with Crippen LogP contribution in [0.2, 0.25) is 0 Å². The van der Waals surface area contributed by atoms with E-state index < -0.39 is 0 Å². The molecular formula is C28H41N3OS. The van der Waals surface area contributed by atoms with Gasteiger partial charge in [-0.2, -0.15) is 0 Å². The SMILES string of the molecule is Cc1ncc(CC(=O)CC2CCC(CCN3CCc4ccc(CC(C)C)nc4CC3)CC2)s1. The predicted octanol–water partition coefficient (Wildman–Crippen LogP) is 5.84. The molecule has 4 nitrogen and oxygen atoms in total. The van der Waals surface area contributed by atoms with Gasteiger partial charge in [0.05, 0.1) is 5.01 Å². The van der Waals surface area contributed by atoms with E-state index in [0.29, 0.717) is 24.0 Å². The van der Waals surface area contributed by atoms with E-state index in [4.69, 9.17) is 4.98 Å². The Morgan fingerprint density at radius 2 is 1.88 bits per heavy atom. The molecule has 3 heterocycles. The summed E-state index contributed by atoms with van der Waals surface area (Å²) in [5.74, 6) is 2.49. The number of nitrogens with zero attached hydrogens (tertiary/aromatic N) is 3. The number of Topliss-reactive ketones (excluding diaryl/α,β-unsaturated/α-hetero) is 1. The minimum Gasteiger partial charge on any atom is -0.303 e. The fourth-order valence-corrected chi connectivity index (χ4v) is 6.42. The fraction of sp³-hybridized carbons (Fsp3) is 0.679. The number of ketones is 1. The minimum atomic E-state index is 0.399. The van der Waals surface area contributed by atoms with Crippen molar-refractivity contribution in [1.29, 1.82) is 0 Å². The molecule has 33 heavy (non-hydrogen) atoms. The lowest BCUT2D eigenvalue weighted by Gasteiger charge is -2.30. The molecular weight excluding hydrogens is 426 g/mol. The molecule has 1 aliphatic heterocycles. The van der Waals surface area contributed by atoms with Gasteiger partial charge in [-0.25, -0.2) is 4.98 Å². The maximum atomic E-state index is 12.5. The number of rotatable bonds is 9. The highest BCUT2D eigenvalue weighted by molar-refractivity contribution is 7.11. The summed E-state index contributed by atoms with van der Waals surface area (Å²) in [6.07, 6.45) is 12.9. The molecule has 2 aromatic rings. The van der Waals surface area contributed by atoms with Crippen LogP contribution >= 0.6 is 11.3 Å². The molecule has 5 heteroatoms. The number of hydrogen-bond donors (Lipinski definition) is 0. The molecule has 0 aromatic carbocycles. The summed E-state index contributed by atoms with van der Waals surface area (Å²) >= 11 is 1.66. The second-order valence-corrected chi connectivity index (χ2v) is 12.1. The number of thiazole rings is 1. The van der Waals surface area contributed by atoms with Crippen LogP contribution in [0.4, 0.5) is 0 Å². The van der Waals surface area contributed by atoms with E-state index in [9.17, 15) is 4.79 Å². The molecule has 0 radical (unpaired) electrons. The third kappa shape index (κ3) is 7.45. The first-order valence-electron chi connectivity index (χ1n) is 13.1. The summed E-state index contributed by atoms with van der Waals surface area (Å²) in [4.78, 5) is 25.5. The Balaban J connectivity index is 1.16. The first-order valence-corrected chi connectivity index (χ1v) is 13.9. The van der Waals surface area contributed by atoms with Gasteiger partial charge in [-0.3, -0.25) is 9.78 Å². The Kier molecular flexibility index (Phi) is 8.70. The second kappa shape index (κ2) is 11.7. The van der Waals surface area contributed by atoms with Gasteiger partial charge >= 0.3 is 0 Å². The summed E-state index contributed by atoms with van der Waals surface area (Å²) in [7, 11) is 0. The molecule has 2 aromatic heterocycles. The van der Waals surface area contributed by atoms with Gasteiger partial charge in [-0.15, -0.1) is 11.3 Å². The molecule has 0 spiro atoms. The van der Waals surface area contributed by atoms with Crippen LogP contribution in [0.5, 0.6) is 0 Å². The Morgan fingerprint density at radius 1 is 1.12 bits per heavy atom. The van der Waals surface area contributed by atoms with Crippen LogP contribution < -0.4 is 0 Å². The summed E-state index contributed by atoms with van der Waals surface area (Å²) in [6.45, 7) is 10.1. The van der Waals surface area contributed by atoms with E-state index in [1.165, 1.54) is 62.1 Å². The van der Waals surface area contributed by atoms with E-state index in [-0.39, 0.29) is 0 Å². The highest BCUT2D eigenvalue weighted by atomic mass is 32.1. The van der Waals surface area contributed by atoms with Crippen LogP contribution in [0.15, 0.2) is 18.3 Å². The van der Waals surface area contributed by atoms with Gasteiger partial charge < -0.3 is 4.90 Å². The van der Waals surface area contributed by atoms with Crippen molar-refractivity contribution in [2.24, 2.45) is 17.8 Å². The highest BCUT2D eigenvalue weighted by Gasteiger charge is 2.24. The number of carbonyl (C=O) groups excluding carboxylic acids is 1. The quantitative estimate of drug-likeness (QED) is 0.464. The molecule has 1 fully saturated rings. The molecule has 1 saturated carbocycles. The van der Waals surface area contributed by atoms with Crippen LogP contribution in [0, 0.1) is 24.7 Å². The maximum Gasteiger partial charge on any atom is 0.138 e. The molecule has 0 N–H and O–H groups in total. The van der Waals surface area contributed by atoms with Crippen molar-refractivity contribution in [2.45, 2.75) is 85.0 Å². The maximum absolute atomic E-state index is 12.5.